The first kappa shape index (κ1) is 24.1. The molecular weight excluding hydrogens is 471 g/mol. The smallest absolute Gasteiger partial charge is 0.329 e. The molecule has 8 nitrogen and oxygen atoms in total. The lowest BCUT2D eigenvalue weighted by Gasteiger charge is -2.35. The second-order valence-corrected chi connectivity index (χ2v) is 10.5. The van der Waals surface area contributed by atoms with Crippen molar-refractivity contribution >= 4 is 27.8 Å². The van der Waals surface area contributed by atoms with Crippen molar-refractivity contribution in [3.05, 3.63) is 53.0 Å². The van der Waals surface area contributed by atoms with Gasteiger partial charge in [0.2, 0.25) is 0 Å². The molecule has 3 aromatic heterocycles. The maximum Gasteiger partial charge on any atom is 0.329 e. The highest BCUT2D eigenvalue weighted by Gasteiger charge is 2.25. The third kappa shape index (κ3) is 4.20. The summed E-state index contributed by atoms with van der Waals surface area (Å²) in [6.07, 6.45) is 7.38. The molecule has 0 aliphatic carbocycles. The molecule has 5 heterocycles. The zero-order valence-electron chi connectivity index (χ0n) is 21.7. The van der Waals surface area contributed by atoms with Crippen molar-refractivity contribution in [1.29, 1.82) is 0 Å². The number of benzene rings is 1. The van der Waals surface area contributed by atoms with Gasteiger partial charge in [0.15, 0.2) is 0 Å². The van der Waals surface area contributed by atoms with E-state index in [4.69, 9.17) is 9.72 Å². The van der Waals surface area contributed by atoms with E-state index in [1.807, 2.05) is 22.8 Å². The third-order valence-electron chi connectivity index (χ3n) is 8.08. The lowest BCUT2D eigenvalue weighted by Crippen LogP contribution is -2.42. The highest BCUT2D eigenvalue weighted by molar-refractivity contribution is 6.04. The van der Waals surface area contributed by atoms with E-state index in [9.17, 15) is 4.79 Å². The fourth-order valence-corrected chi connectivity index (χ4v) is 5.88. The molecule has 4 aromatic rings. The van der Waals surface area contributed by atoms with Crippen LogP contribution >= 0.6 is 0 Å². The van der Waals surface area contributed by atoms with Crippen LogP contribution < -0.4 is 10.6 Å². The molecule has 9 heteroatoms. The molecule has 2 saturated heterocycles. The first-order chi connectivity index (χ1) is 17.9. The van der Waals surface area contributed by atoms with Gasteiger partial charge in [0.05, 0.1) is 35.4 Å². The lowest BCUT2D eigenvalue weighted by molar-refractivity contribution is 0.0593. The summed E-state index contributed by atoms with van der Waals surface area (Å²) in [7, 11) is 6.02. The molecule has 194 valence electrons. The van der Waals surface area contributed by atoms with Gasteiger partial charge >= 0.3 is 5.69 Å². The molecule has 0 spiro atoms. The number of rotatable bonds is 4. The zero-order valence-corrected chi connectivity index (χ0v) is 21.7. The van der Waals surface area contributed by atoms with E-state index in [1.54, 1.807) is 24.0 Å². The summed E-state index contributed by atoms with van der Waals surface area (Å²) in [5, 5.41) is 0.756. The first-order valence-electron chi connectivity index (χ1n) is 13.1. The van der Waals surface area contributed by atoms with Gasteiger partial charge in [-0.25, -0.2) is 14.2 Å². The number of hydrogen-bond acceptors (Lipinski definition) is 6. The van der Waals surface area contributed by atoms with E-state index in [-0.39, 0.29) is 17.5 Å². The molecule has 2 aliphatic heterocycles. The number of aromatic nitrogens is 4. The number of hydrogen-bond donors (Lipinski definition) is 0. The van der Waals surface area contributed by atoms with Crippen molar-refractivity contribution in [1.82, 2.24) is 24.0 Å². The number of piperidine rings is 1. The van der Waals surface area contributed by atoms with Gasteiger partial charge in [0.1, 0.15) is 11.6 Å². The SMILES string of the molecule is CN(C)C1CCN(c2ccc(-c3cc4c(cc3F)ncc3c4n(C4CCCOC4)c(=O)n3C)cn2)CC1. The molecule has 1 atom stereocenters. The highest BCUT2D eigenvalue weighted by Crippen LogP contribution is 2.33. The first-order valence-corrected chi connectivity index (χ1v) is 13.1. The molecule has 6 rings (SSSR count). The van der Waals surface area contributed by atoms with Crippen molar-refractivity contribution in [2.24, 2.45) is 7.05 Å². The van der Waals surface area contributed by atoms with Crippen LogP contribution in [0.3, 0.4) is 0 Å². The predicted octanol–water partition coefficient (Wildman–Crippen LogP) is 3.97. The molecule has 0 amide bonds. The molecule has 2 aliphatic rings. The highest BCUT2D eigenvalue weighted by atomic mass is 19.1. The van der Waals surface area contributed by atoms with Gasteiger partial charge in [-0.2, -0.15) is 0 Å². The van der Waals surface area contributed by atoms with E-state index < -0.39 is 0 Å². The minimum atomic E-state index is -0.355. The number of pyridine rings is 2. The number of fused-ring (bicyclic) bond motifs is 3. The zero-order chi connectivity index (χ0) is 25.7. The Balaban J connectivity index is 1.40. The number of anilines is 1. The average Bonchev–Trinajstić information content (AvgIpc) is 3.18. The third-order valence-corrected chi connectivity index (χ3v) is 8.08. The van der Waals surface area contributed by atoms with Crippen LogP contribution in [0.1, 0.15) is 31.7 Å². The van der Waals surface area contributed by atoms with E-state index in [2.05, 4.69) is 28.9 Å². The van der Waals surface area contributed by atoms with E-state index in [0.717, 1.165) is 61.0 Å². The van der Waals surface area contributed by atoms with Gasteiger partial charge in [0, 0.05) is 61.6 Å². The van der Waals surface area contributed by atoms with Crippen LogP contribution in [-0.2, 0) is 11.8 Å². The normalized spacial score (nSPS) is 19.4. The van der Waals surface area contributed by atoms with Crippen LogP contribution in [0.5, 0.6) is 0 Å². The van der Waals surface area contributed by atoms with E-state index in [0.29, 0.717) is 35.9 Å². The molecule has 2 fully saturated rings. The maximum absolute atomic E-state index is 15.3. The molecule has 0 radical (unpaired) electrons. The van der Waals surface area contributed by atoms with E-state index in [1.165, 1.54) is 6.07 Å². The van der Waals surface area contributed by atoms with Crippen molar-refractivity contribution in [3.8, 4) is 11.1 Å². The summed E-state index contributed by atoms with van der Waals surface area (Å²) in [5.74, 6) is 0.562. The number of nitrogens with zero attached hydrogens (tertiary/aromatic N) is 6. The van der Waals surface area contributed by atoms with Crippen LogP contribution in [-0.4, -0.2) is 70.4 Å². The molecule has 1 unspecified atom stereocenters. The molecule has 1 aromatic carbocycles. The second-order valence-electron chi connectivity index (χ2n) is 10.5. The molecular formula is C28H33FN6O2. The Morgan fingerprint density at radius 1 is 1.08 bits per heavy atom. The minimum Gasteiger partial charge on any atom is -0.379 e. The van der Waals surface area contributed by atoms with Gasteiger partial charge in [-0.15, -0.1) is 0 Å². The number of aryl methyl sites for hydroxylation is 1. The Hall–Kier alpha value is -3.30. The Bertz CT molecular complexity index is 1500. The Kier molecular flexibility index (Phi) is 6.20. The van der Waals surface area contributed by atoms with Crippen LogP contribution in [0.4, 0.5) is 10.2 Å². The summed E-state index contributed by atoms with van der Waals surface area (Å²) in [4.78, 5) is 27.0. The van der Waals surface area contributed by atoms with Gasteiger partial charge in [-0.3, -0.25) is 14.1 Å². The largest absolute Gasteiger partial charge is 0.379 e. The summed E-state index contributed by atoms with van der Waals surface area (Å²) in [6, 6.07) is 7.74. The number of ether oxygens (including phenoxy) is 1. The summed E-state index contributed by atoms with van der Waals surface area (Å²) < 4.78 is 24.5. The molecule has 37 heavy (non-hydrogen) atoms. The van der Waals surface area contributed by atoms with Gasteiger partial charge in [-0.1, -0.05) is 0 Å². The quantitative estimate of drug-likeness (QED) is 0.419. The van der Waals surface area contributed by atoms with Crippen LogP contribution in [0.15, 0.2) is 41.5 Å². The minimum absolute atomic E-state index is 0.0540. The Morgan fingerprint density at radius 2 is 1.89 bits per heavy atom. The van der Waals surface area contributed by atoms with Crippen molar-refractivity contribution in [3.63, 3.8) is 0 Å². The van der Waals surface area contributed by atoms with Crippen molar-refractivity contribution < 1.29 is 9.13 Å². The van der Waals surface area contributed by atoms with Gasteiger partial charge in [0.25, 0.3) is 0 Å². The maximum atomic E-state index is 15.3. The molecule has 0 bridgehead atoms. The average molecular weight is 505 g/mol. The summed E-state index contributed by atoms with van der Waals surface area (Å²) >= 11 is 0. The molecule has 0 N–H and O–H groups in total. The van der Waals surface area contributed by atoms with E-state index >= 15 is 4.39 Å². The lowest BCUT2D eigenvalue weighted by atomic mass is 10.0. The van der Waals surface area contributed by atoms with Crippen LogP contribution in [0.2, 0.25) is 0 Å². The fraction of sp³-hybridized carbons (Fsp3) is 0.464. The predicted molar refractivity (Wildman–Crippen MR) is 144 cm³/mol. The standard InChI is InChI=1S/C28H33FN6O2/c1-32(2)19-8-10-34(11-9-19)26-7-6-18(15-31-26)21-13-22-24(14-23(21)29)30-16-25-27(22)35(28(36)33(25)3)20-5-4-12-37-17-20/h6-7,13-16,19-20H,4-5,8-12,17H2,1-3H3. The van der Waals surface area contributed by atoms with Crippen LogP contribution in [0, 0.1) is 5.82 Å². The summed E-state index contributed by atoms with van der Waals surface area (Å²) in [5.41, 5.74) is 3.09. The monoisotopic (exact) mass is 504 g/mol. The van der Waals surface area contributed by atoms with Crippen molar-refractivity contribution in [2.45, 2.75) is 37.8 Å². The van der Waals surface area contributed by atoms with Crippen LogP contribution in [0.25, 0.3) is 33.1 Å². The Labute approximate surface area is 215 Å². The Morgan fingerprint density at radius 3 is 2.57 bits per heavy atom. The topological polar surface area (TPSA) is 68.4 Å². The second kappa shape index (κ2) is 9.54. The summed E-state index contributed by atoms with van der Waals surface area (Å²) in [6.45, 7) is 3.12. The van der Waals surface area contributed by atoms with Gasteiger partial charge in [-0.05, 0) is 58.0 Å². The van der Waals surface area contributed by atoms with Gasteiger partial charge < -0.3 is 14.5 Å². The number of imidazole rings is 1. The molecule has 0 saturated carbocycles. The van der Waals surface area contributed by atoms with Crippen molar-refractivity contribution in [2.75, 3.05) is 45.3 Å². The number of halogens is 1. The fourth-order valence-electron chi connectivity index (χ4n) is 5.88.